The zero-order valence-electron chi connectivity index (χ0n) is 18.3. The van der Waals surface area contributed by atoms with Crippen molar-refractivity contribution in [1.29, 1.82) is 0 Å². The molecule has 0 spiro atoms. The predicted molar refractivity (Wildman–Crippen MR) is 119 cm³/mol. The van der Waals surface area contributed by atoms with E-state index >= 15 is 0 Å². The number of carbonyl (C=O) groups excluding carboxylic acids is 1. The van der Waals surface area contributed by atoms with E-state index in [1.54, 1.807) is 12.4 Å². The van der Waals surface area contributed by atoms with Gasteiger partial charge in [0.1, 0.15) is 17.0 Å². The molecule has 2 aliphatic carbocycles. The summed E-state index contributed by atoms with van der Waals surface area (Å²) in [6.07, 6.45) is 2.35. The fourth-order valence-electron chi connectivity index (χ4n) is 4.93. The number of carbonyl (C=O) groups is 1. The van der Waals surface area contributed by atoms with Gasteiger partial charge in [-0.15, -0.1) is 0 Å². The Balaban J connectivity index is 1.35. The molecule has 3 aromatic rings. The lowest BCUT2D eigenvalue weighted by Gasteiger charge is -2.31. The number of halogens is 5. The van der Waals surface area contributed by atoms with Crippen molar-refractivity contribution in [2.75, 3.05) is 13.1 Å². The van der Waals surface area contributed by atoms with Crippen molar-refractivity contribution in [3.8, 4) is 0 Å². The molecule has 34 heavy (non-hydrogen) atoms. The van der Waals surface area contributed by atoms with Gasteiger partial charge >= 0.3 is 6.18 Å². The van der Waals surface area contributed by atoms with E-state index in [1.807, 2.05) is 6.07 Å². The van der Waals surface area contributed by atoms with Crippen LogP contribution in [0.25, 0.3) is 22.1 Å². The van der Waals surface area contributed by atoms with Gasteiger partial charge in [0.25, 0.3) is 0 Å². The summed E-state index contributed by atoms with van der Waals surface area (Å²) in [5.74, 6) is -0.479. The number of aromatic nitrogens is 4. The normalized spacial score (nSPS) is 27.4. The van der Waals surface area contributed by atoms with Gasteiger partial charge in [-0.25, -0.2) is 14.4 Å². The molecule has 0 unspecified atom stereocenters. The zero-order chi connectivity index (χ0) is 24.1. The molecular weight excluding hydrogens is 476 g/mol. The van der Waals surface area contributed by atoms with Gasteiger partial charge in [-0.2, -0.15) is 13.2 Å². The van der Waals surface area contributed by atoms with Crippen molar-refractivity contribution in [2.45, 2.75) is 61.9 Å². The van der Waals surface area contributed by atoms with E-state index < -0.39 is 29.7 Å². The second-order valence-corrected chi connectivity index (χ2v) is 9.82. The van der Waals surface area contributed by atoms with Crippen LogP contribution in [0.4, 0.5) is 17.6 Å². The third-order valence-electron chi connectivity index (χ3n) is 6.75. The molecule has 3 N–H and O–H groups in total. The van der Waals surface area contributed by atoms with E-state index in [9.17, 15) is 22.4 Å². The summed E-state index contributed by atoms with van der Waals surface area (Å²) in [6.45, 7) is -0.710. The average molecular weight is 501 g/mol. The third kappa shape index (κ3) is 4.72. The van der Waals surface area contributed by atoms with Crippen LogP contribution in [0.3, 0.4) is 0 Å². The monoisotopic (exact) mass is 500 g/mol. The Morgan fingerprint density at radius 2 is 2.03 bits per heavy atom. The summed E-state index contributed by atoms with van der Waals surface area (Å²) in [7, 11) is 0. The lowest BCUT2D eigenvalue weighted by molar-refractivity contribution is -0.126. The fourth-order valence-corrected chi connectivity index (χ4v) is 5.18. The smallest absolute Gasteiger partial charge is 0.355 e. The molecule has 2 saturated carbocycles. The van der Waals surface area contributed by atoms with Crippen LogP contribution in [0.2, 0.25) is 0 Å². The molecule has 3 aromatic heterocycles. The minimum absolute atomic E-state index is 0.0155. The highest BCUT2D eigenvalue weighted by Crippen LogP contribution is 2.50. The lowest BCUT2D eigenvalue weighted by atomic mass is 9.90. The minimum atomic E-state index is -4.23. The number of imidazole rings is 1. The SMILES string of the molecule is O=C(NCCc1nc2cnc3[nH]ccc3c2n1C1CCC(NCC(F)(F)F)CC1)[C@@H]1C[C@]1(F)Cl. The number of alkyl halides is 5. The molecule has 2 atom stereocenters. The van der Waals surface area contributed by atoms with Crippen molar-refractivity contribution < 1.29 is 22.4 Å². The van der Waals surface area contributed by atoms with Gasteiger partial charge in [0, 0.05) is 43.1 Å². The lowest BCUT2D eigenvalue weighted by Crippen LogP contribution is -2.39. The van der Waals surface area contributed by atoms with Gasteiger partial charge in [0.2, 0.25) is 5.91 Å². The van der Waals surface area contributed by atoms with Crippen molar-refractivity contribution in [2.24, 2.45) is 5.92 Å². The summed E-state index contributed by atoms with van der Waals surface area (Å²) in [4.78, 5) is 24.4. The first-order valence-electron chi connectivity index (χ1n) is 11.4. The van der Waals surface area contributed by atoms with E-state index in [0.717, 1.165) is 27.9 Å². The number of fused-ring (bicyclic) bond motifs is 3. The first kappa shape index (κ1) is 23.3. The van der Waals surface area contributed by atoms with Gasteiger partial charge in [0.05, 0.1) is 24.2 Å². The van der Waals surface area contributed by atoms with E-state index in [4.69, 9.17) is 16.6 Å². The van der Waals surface area contributed by atoms with Gasteiger partial charge in [0.15, 0.2) is 5.13 Å². The molecule has 3 heterocycles. The molecule has 1 amide bonds. The molecule has 184 valence electrons. The Labute approximate surface area is 197 Å². The first-order valence-corrected chi connectivity index (χ1v) is 11.8. The Kier molecular flexibility index (Phi) is 5.96. The summed E-state index contributed by atoms with van der Waals surface area (Å²) >= 11 is 5.56. The Morgan fingerprint density at radius 1 is 1.29 bits per heavy atom. The van der Waals surface area contributed by atoms with Crippen molar-refractivity contribution >= 4 is 39.6 Å². The largest absolute Gasteiger partial charge is 0.401 e. The summed E-state index contributed by atoms with van der Waals surface area (Å²) in [6, 6.07) is 1.81. The maximum absolute atomic E-state index is 13.6. The Morgan fingerprint density at radius 3 is 2.71 bits per heavy atom. The number of rotatable bonds is 7. The van der Waals surface area contributed by atoms with Crippen LogP contribution in [0.1, 0.15) is 44.0 Å². The van der Waals surface area contributed by atoms with Crippen LogP contribution in [-0.2, 0) is 11.2 Å². The number of pyridine rings is 1. The molecule has 0 bridgehead atoms. The maximum atomic E-state index is 13.6. The fraction of sp³-hybridized carbons (Fsp3) is 0.591. The van der Waals surface area contributed by atoms with Crippen molar-refractivity contribution in [3.05, 3.63) is 24.3 Å². The molecule has 2 fully saturated rings. The van der Waals surface area contributed by atoms with E-state index in [1.165, 1.54) is 0 Å². The molecule has 0 radical (unpaired) electrons. The van der Waals surface area contributed by atoms with E-state index in [-0.39, 0.29) is 25.0 Å². The molecule has 0 saturated heterocycles. The van der Waals surface area contributed by atoms with Crippen LogP contribution >= 0.6 is 11.6 Å². The van der Waals surface area contributed by atoms with Gasteiger partial charge in [-0.3, -0.25) is 4.79 Å². The van der Waals surface area contributed by atoms with Crippen LogP contribution in [0, 0.1) is 5.92 Å². The van der Waals surface area contributed by atoms with Gasteiger partial charge in [-0.1, -0.05) is 11.6 Å². The maximum Gasteiger partial charge on any atom is 0.401 e. The minimum Gasteiger partial charge on any atom is -0.355 e. The summed E-state index contributed by atoms with van der Waals surface area (Å²) < 4.78 is 53.5. The molecule has 12 heteroatoms. The van der Waals surface area contributed by atoms with E-state index in [0.29, 0.717) is 32.1 Å². The van der Waals surface area contributed by atoms with Crippen molar-refractivity contribution in [1.82, 2.24) is 30.2 Å². The van der Waals surface area contributed by atoms with E-state index in [2.05, 4.69) is 25.2 Å². The topological polar surface area (TPSA) is 87.6 Å². The van der Waals surface area contributed by atoms with Crippen LogP contribution in [-0.4, -0.2) is 55.9 Å². The van der Waals surface area contributed by atoms with Crippen LogP contribution in [0.15, 0.2) is 18.5 Å². The Hall–Kier alpha value is -2.40. The number of nitrogens with zero attached hydrogens (tertiary/aromatic N) is 3. The molecule has 0 aromatic carbocycles. The van der Waals surface area contributed by atoms with Crippen molar-refractivity contribution in [3.63, 3.8) is 0 Å². The predicted octanol–water partition coefficient (Wildman–Crippen LogP) is 4.13. The summed E-state index contributed by atoms with van der Waals surface area (Å²) in [5, 5.41) is 4.33. The highest BCUT2D eigenvalue weighted by molar-refractivity contribution is 6.27. The molecule has 5 rings (SSSR count). The second kappa shape index (κ2) is 8.67. The highest BCUT2D eigenvalue weighted by atomic mass is 35.5. The number of hydrogen-bond acceptors (Lipinski definition) is 4. The number of amides is 1. The Bertz CT molecular complexity index is 1200. The zero-order valence-corrected chi connectivity index (χ0v) is 19.0. The second-order valence-electron chi connectivity index (χ2n) is 9.19. The number of H-pyrrole nitrogens is 1. The highest BCUT2D eigenvalue weighted by Gasteiger charge is 2.58. The molecule has 0 aliphatic heterocycles. The van der Waals surface area contributed by atoms with Gasteiger partial charge < -0.3 is 20.2 Å². The van der Waals surface area contributed by atoms with Crippen LogP contribution in [0.5, 0.6) is 0 Å². The number of aromatic amines is 1. The number of nitrogens with one attached hydrogen (secondary N) is 3. The average Bonchev–Trinajstić information content (AvgIpc) is 3.12. The van der Waals surface area contributed by atoms with Gasteiger partial charge in [-0.05, 0) is 31.7 Å². The molecule has 7 nitrogen and oxygen atoms in total. The quantitative estimate of drug-likeness (QED) is 0.336. The standard InChI is InChI=1S/C22H25ClF4N6O/c23-21(24)9-15(21)20(34)29-8-6-17-32-16-10-30-19-14(5-7-28-19)18(16)33(17)13-3-1-12(2-4-13)31-11-22(25,26)27/h5,7,10,12-13,15,31H,1-4,6,8-9,11H2,(H,28,30)(H,29,34)/t12?,13?,15-,21+/m0/s1. The molecule has 2 aliphatic rings. The molecular formula is C22H25ClF4N6O. The first-order chi connectivity index (χ1) is 16.1. The summed E-state index contributed by atoms with van der Waals surface area (Å²) in [5.41, 5.74) is 2.37. The third-order valence-corrected chi connectivity index (χ3v) is 7.17. The number of hydrogen-bond donors (Lipinski definition) is 3. The van der Waals surface area contributed by atoms with Crippen LogP contribution < -0.4 is 10.6 Å².